The number of amides is 1. The van der Waals surface area contributed by atoms with Gasteiger partial charge in [0, 0.05) is 35.5 Å². The van der Waals surface area contributed by atoms with Gasteiger partial charge in [-0.05, 0) is 60.6 Å². The Labute approximate surface area is 216 Å². The number of rotatable bonds is 4. The van der Waals surface area contributed by atoms with Gasteiger partial charge in [0.05, 0.1) is 11.1 Å². The predicted octanol–water partition coefficient (Wildman–Crippen LogP) is 6.52. The van der Waals surface area contributed by atoms with Gasteiger partial charge < -0.3 is 10.2 Å². The number of hydrogen-bond donors (Lipinski definition) is 1. The van der Waals surface area contributed by atoms with E-state index in [1.807, 2.05) is 6.92 Å². The van der Waals surface area contributed by atoms with Crippen LogP contribution >= 0.6 is 12.4 Å². The van der Waals surface area contributed by atoms with Gasteiger partial charge in [0.2, 0.25) is 0 Å². The zero-order valence-corrected chi connectivity index (χ0v) is 20.8. The van der Waals surface area contributed by atoms with E-state index in [9.17, 15) is 14.9 Å². The summed E-state index contributed by atoms with van der Waals surface area (Å²) in [4.78, 5) is 25.8. The number of hydrogen-bond acceptors (Lipinski definition) is 4. The first-order valence-electron chi connectivity index (χ1n) is 11.9. The minimum absolute atomic E-state index is 0. The average Bonchev–Trinajstić information content (AvgIpc) is 3.05. The van der Waals surface area contributed by atoms with E-state index in [0.717, 1.165) is 25.8 Å². The number of halogens is 1. The lowest BCUT2D eigenvalue weighted by molar-refractivity contribution is -0.384. The van der Waals surface area contributed by atoms with E-state index in [0.29, 0.717) is 5.56 Å². The first-order valence-corrected chi connectivity index (χ1v) is 11.9. The van der Waals surface area contributed by atoms with E-state index < -0.39 is 4.92 Å². The van der Waals surface area contributed by atoms with Crippen LogP contribution < -0.4 is 5.32 Å². The maximum absolute atomic E-state index is 13.0. The van der Waals surface area contributed by atoms with Crippen molar-refractivity contribution in [3.05, 3.63) is 116 Å². The molecule has 1 atom stereocenters. The third kappa shape index (κ3) is 4.90. The number of nitro benzene ring substituents is 1. The first kappa shape index (κ1) is 25.2. The molecule has 1 aliphatic heterocycles. The van der Waals surface area contributed by atoms with Gasteiger partial charge in [-0.1, -0.05) is 60.7 Å². The number of nitro groups is 1. The highest BCUT2D eigenvalue weighted by atomic mass is 35.5. The average molecular weight is 502 g/mol. The van der Waals surface area contributed by atoms with Crippen LogP contribution in [0.3, 0.4) is 0 Å². The summed E-state index contributed by atoms with van der Waals surface area (Å²) in [7, 11) is 0. The molecular weight excluding hydrogens is 474 g/mol. The number of likely N-dealkylation sites (tertiary alicyclic amines) is 1. The highest BCUT2D eigenvalue weighted by Gasteiger charge is 2.28. The number of carbonyl (C=O) groups is 1. The van der Waals surface area contributed by atoms with Crippen LogP contribution in [0.1, 0.15) is 58.8 Å². The maximum Gasteiger partial charge on any atom is 0.269 e. The molecule has 1 N–H and O–H groups in total. The SMILES string of the molecule is CC(NC(=O)c1ccc([N+](=O)[O-])cc1)N1CCCCC1=C1c2ccccc2C=Cc2ccccc21.Cl. The summed E-state index contributed by atoms with van der Waals surface area (Å²) in [5.41, 5.74) is 7.58. The normalized spacial score (nSPS) is 15.2. The first-order chi connectivity index (χ1) is 17.0. The number of nitrogens with zero attached hydrogens (tertiary/aromatic N) is 2. The number of nitrogens with one attached hydrogen (secondary N) is 1. The molecule has 1 unspecified atom stereocenters. The third-order valence-corrected chi connectivity index (χ3v) is 6.75. The second kappa shape index (κ2) is 10.8. The van der Waals surface area contributed by atoms with E-state index in [4.69, 9.17) is 0 Å². The van der Waals surface area contributed by atoms with Crippen LogP contribution in [0.2, 0.25) is 0 Å². The molecule has 184 valence electrons. The summed E-state index contributed by atoms with van der Waals surface area (Å²) in [5.74, 6) is -0.245. The molecule has 0 saturated carbocycles. The zero-order valence-electron chi connectivity index (χ0n) is 20.0. The second-order valence-electron chi connectivity index (χ2n) is 8.93. The topological polar surface area (TPSA) is 75.5 Å². The lowest BCUT2D eigenvalue weighted by Crippen LogP contribution is -2.47. The van der Waals surface area contributed by atoms with E-state index in [1.54, 1.807) is 0 Å². The Morgan fingerprint density at radius 2 is 1.50 bits per heavy atom. The molecule has 0 bridgehead atoms. The predicted molar refractivity (Wildman–Crippen MR) is 146 cm³/mol. The van der Waals surface area contributed by atoms with Gasteiger partial charge in [0.25, 0.3) is 11.6 Å². The molecule has 1 heterocycles. The van der Waals surface area contributed by atoms with Gasteiger partial charge in [-0.25, -0.2) is 0 Å². The number of non-ortho nitro benzene ring substituents is 1. The second-order valence-corrected chi connectivity index (χ2v) is 8.93. The molecule has 5 rings (SSSR count). The van der Waals surface area contributed by atoms with Crippen molar-refractivity contribution in [1.29, 1.82) is 0 Å². The molecule has 1 aliphatic carbocycles. The minimum Gasteiger partial charge on any atom is -0.354 e. The summed E-state index contributed by atoms with van der Waals surface area (Å²) in [5, 5.41) is 14.1. The summed E-state index contributed by atoms with van der Waals surface area (Å²) < 4.78 is 0. The molecule has 0 radical (unpaired) electrons. The van der Waals surface area contributed by atoms with Gasteiger partial charge in [-0.3, -0.25) is 14.9 Å². The Morgan fingerprint density at radius 3 is 2.08 bits per heavy atom. The number of allylic oxidation sites excluding steroid dienone is 1. The number of piperidine rings is 1. The highest BCUT2D eigenvalue weighted by molar-refractivity contribution is 5.96. The lowest BCUT2D eigenvalue weighted by Gasteiger charge is -2.39. The largest absolute Gasteiger partial charge is 0.354 e. The Bertz CT molecular complexity index is 1300. The number of fused-ring (bicyclic) bond motifs is 2. The van der Waals surface area contributed by atoms with Gasteiger partial charge in [0.15, 0.2) is 0 Å². The zero-order chi connectivity index (χ0) is 24.4. The van der Waals surface area contributed by atoms with E-state index in [-0.39, 0.29) is 30.2 Å². The van der Waals surface area contributed by atoms with Gasteiger partial charge >= 0.3 is 0 Å². The Kier molecular flexibility index (Phi) is 7.55. The van der Waals surface area contributed by atoms with Gasteiger partial charge in [0.1, 0.15) is 0 Å². The van der Waals surface area contributed by atoms with Crippen molar-refractivity contribution in [2.45, 2.75) is 32.4 Å². The van der Waals surface area contributed by atoms with Crippen LogP contribution in [-0.2, 0) is 0 Å². The molecule has 1 fully saturated rings. The summed E-state index contributed by atoms with van der Waals surface area (Å²) in [6.45, 7) is 2.85. The van der Waals surface area contributed by atoms with Crippen molar-refractivity contribution in [1.82, 2.24) is 10.2 Å². The Hall–Kier alpha value is -3.90. The molecule has 6 nitrogen and oxygen atoms in total. The van der Waals surface area contributed by atoms with Gasteiger partial charge in [-0.15, -0.1) is 12.4 Å². The number of carbonyl (C=O) groups excluding carboxylic acids is 1. The van der Waals surface area contributed by atoms with Crippen molar-refractivity contribution in [3.63, 3.8) is 0 Å². The maximum atomic E-state index is 13.0. The quantitative estimate of drug-likeness (QED) is 0.255. The van der Waals surface area contributed by atoms with Crippen LogP contribution in [0.5, 0.6) is 0 Å². The molecule has 3 aromatic rings. The van der Waals surface area contributed by atoms with Gasteiger partial charge in [-0.2, -0.15) is 0 Å². The number of benzene rings is 3. The molecule has 7 heteroatoms. The monoisotopic (exact) mass is 501 g/mol. The van der Waals surface area contributed by atoms with Crippen molar-refractivity contribution in [2.24, 2.45) is 0 Å². The van der Waals surface area contributed by atoms with Crippen LogP contribution in [-0.4, -0.2) is 28.4 Å². The van der Waals surface area contributed by atoms with Crippen LogP contribution in [0.15, 0.2) is 78.5 Å². The summed E-state index contributed by atoms with van der Waals surface area (Å²) in [6, 6.07) is 22.6. The van der Waals surface area contributed by atoms with Crippen LogP contribution in [0.4, 0.5) is 5.69 Å². The van der Waals surface area contributed by atoms with Crippen molar-refractivity contribution in [2.75, 3.05) is 6.54 Å². The smallest absolute Gasteiger partial charge is 0.269 e. The minimum atomic E-state index is -0.465. The highest BCUT2D eigenvalue weighted by Crippen LogP contribution is 2.39. The van der Waals surface area contributed by atoms with E-state index >= 15 is 0 Å². The third-order valence-electron chi connectivity index (χ3n) is 6.75. The lowest BCUT2D eigenvalue weighted by atomic mass is 9.88. The Morgan fingerprint density at radius 1 is 0.917 bits per heavy atom. The molecule has 1 saturated heterocycles. The fraction of sp³-hybridized carbons (Fsp3) is 0.207. The van der Waals surface area contributed by atoms with Crippen molar-refractivity contribution in [3.8, 4) is 0 Å². The molecule has 0 aromatic heterocycles. The van der Waals surface area contributed by atoms with E-state index in [2.05, 4.69) is 70.9 Å². The fourth-order valence-corrected chi connectivity index (χ4v) is 5.01. The van der Waals surface area contributed by atoms with Crippen LogP contribution in [0, 0.1) is 10.1 Å². The fourth-order valence-electron chi connectivity index (χ4n) is 5.01. The van der Waals surface area contributed by atoms with Crippen LogP contribution in [0.25, 0.3) is 17.7 Å². The molecule has 2 aliphatic rings. The Balaban J connectivity index is 0.00000304. The molecule has 0 spiro atoms. The van der Waals surface area contributed by atoms with E-state index in [1.165, 1.54) is 57.8 Å². The summed E-state index contributed by atoms with van der Waals surface area (Å²) in [6.07, 6.45) is 7.18. The molecule has 3 aromatic carbocycles. The van der Waals surface area contributed by atoms with Crippen molar-refractivity contribution < 1.29 is 9.72 Å². The summed E-state index contributed by atoms with van der Waals surface area (Å²) >= 11 is 0. The molecule has 1 amide bonds. The molecule has 36 heavy (non-hydrogen) atoms. The standard InChI is InChI=1S/C29H27N3O3.ClH/c1-20(30-29(33)23-15-17-24(18-16-23)32(34)35)31-19-7-6-12-27(31)28-25-10-4-2-8-21(25)13-14-22-9-3-5-11-26(22)28;/h2-5,8-11,13-18,20H,6-7,12,19H2,1H3,(H,30,33);1H. The van der Waals surface area contributed by atoms with Crippen molar-refractivity contribution >= 4 is 41.7 Å². The molecular formula is C29H28ClN3O3.